The standard InChI is InChI=1S/C40H47NS/c1-28-11-8-22-39(42-40-21-7-6-17-34(28)40)33-16-10-13-30(24-33)27-41-26-29-12-9-15-31(23-29)38-25-32-14-2-3-18-35(32)36-19-4-5-20-37(36)38/h2,5,8,11,14-16,20,22-23,25,30,37-38,41H,1,3-4,6-7,9-10,12-13,17-19,21,24,26-27H2/b11-8-,39-22-. The number of hydrogen-bond acceptors (Lipinski definition) is 2. The third-order valence-electron chi connectivity index (χ3n) is 10.4. The van der Waals surface area contributed by atoms with Gasteiger partial charge in [-0.1, -0.05) is 90.2 Å². The van der Waals surface area contributed by atoms with Crippen molar-refractivity contribution < 1.29 is 0 Å². The second kappa shape index (κ2) is 13.0. The number of hydrogen-bond donors (Lipinski definition) is 1. The summed E-state index contributed by atoms with van der Waals surface area (Å²) < 4.78 is 0. The van der Waals surface area contributed by atoms with Gasteiger partial charge in [-0.05, 0) is 140 Å². The number of nitrogens with one attached hydrogen (secondary N) is 1. The predicted molar refractivity (Wildman–Crippen MR) is 182 cm³/mol. The van der Waals surface area contributed by atoms with E-state index in [2.05, 4.69) is 78.7 Å². The molecule has 3 atom stereocenters. The molecule has 7 rings (SSSR count). The Hall–Kier alpha value is -2.55. The van der Waals surface area contributed by atoms with E-state index in [1.807, 2.05) is 11.8 Å². The van der Waals surface area contributed by atoms with Crippen molar-refractivity contribution in [3.8, 4) is 0 Å². The molecule has 0 bridgehead atoms. The van der Waals surface area contributed by atoms with Gasteiger partial charge >= 0.3 is 0 Å². The van der Waals surface area contributed by atoms with Crippen LogP contribution in [0.15, 0.2) is 128 Å². The van der Waals surface area contributed by atoms with Gasteiger partial charge in [0, 0.05) is 23.3 Å². The summed E-state index contributed by atoms with van der Waals surface area (Å²) in [5.74, 6) is 1.79. The van der Waals surface area contributed by atoms with Gasteiger partial charge in [-0.3, -0.25) is 0 Å². The van der Waals surface area contributed by atoms with E-state index in [4.69, 9.17) is 0 Å². The van der Waals surface area contributed by atoms with E-state index in [0.717, 1.165) is 19.0 Å². The molecule has 42 heavy (non-hydrogen) atoms. The van der Waals surface area contributed by atoms with Crippen molar-refractivity contribution in [1.82, 2.24) is 5.32 Å². The molecule has 0 amide bonds. The molecule has 3 unspecified atom stereocenters. The largest absolute Gasteiger partial charge is 0.313 e. The minimum atomic E-state index is 0.500. The lowest BCUT2D eigenvalue weighted by Gasteiger charge is -2.37. The summed E-state index contributed by atoms with van der Waals surface area (Å²) in [7, 11) is 0. The highest BCUT2D eigenvalue weighted by Crippen LogP contribution is 2.47. The second-order valence-electron chi connectivity index (χ2n) is 13.3. The number of fused-ring (bicyclic) bond motifs is 2. The smallest absolute Gasteiger partial charge is 0.0168 e. The lowest BCUT2D eigenvalue weighted by atomic mass is 9.67. The van der Waals surface area contributed by atoms with Crippen LogP contribution in [0.2, 0.25) is 0 Å². The first-order valence-electron chi connectivity index (χ1n) is 16.8. The molecule has 0 saturated heterocycles. The second-order valence-corrected chi connectivity index (χ2v) is 14.4. The molecule has 2 heteroatoms. The molecule has 0 aromatic heterocycles. The number of thioether (sulfide) groups is 1. The fourth-order valence-corrected chi connectivity index (χ4v) is 9.54. The Balaban J connectivity index is 0.979. The Morgan fingerprint density at radius 1 is 0.881 bits per heavy atom. The lowest BCUT2D eigenvalue weighted by Crippen LogP contribution is -2.28. The number of rotatable bonds is 6. The van der Waals surface area contributed by atoms with Crippen LogP contribution in [0.5, 0.6) is 0 Å². The zero-order valence-corrected chi connectivity index (χ0v) is 26.1. The van der Waals surface area contributed by atoms with E-state index < -0.39 is 0 Å². The Bertz CT molecular complexity index is 1430. The molecule has 1 N–H and O–H groups in total. The maximum Gasteiger partial charge on any atom is 0.0168 e. The first-order valence-corrected chi connectivity index (χ1v) is 17.6. The van der Waals surface area contributed by atoms with Crippen LogP contribution in [0, 0.1) is 17.8 Å². The Labute approximate surface area is 258 Å². The van der Waals surface area contributed by atoms with Crippen LogP contribution in [-0.4, -0.2) is 13.1 Å². The molecule has 6 aliphatic carbocycles. The van der Waals surface area contributed by atoms with E-state index in [1.54, 1.807) is 32.8 Å². The topological polar surface area (TPSA) is 12.0 Å². The van der Waals surface area contributed by atoms with Crippen molar-refractivity contribution in [1.29, 1.82) is 0 Å². The van der Waals surface area contributed by atoms with Gasteiger partial charge in [-0.2, -0.15) is 0 Å². The van der Waals surface area contributed by atoms with E-state index >= 15 is 0 Å². The van der Waals surface area contributed by atoms with Crippen molar-refractivity contribution in [2.75, 3.05) is 13.1 Å². The highest BCUT2D eigenvalue weighted by molar-refractivity contribution is 8.07. The molecular weight excluding hydrogens is 527 g/mol. The monoisotopic (exact) mass is 573 g/mol. The summed E-state index contributed by atoms with van der Waals surface area (Å²) in [6.07, 6.45) is 42.8. The third kappa shape index (κ3) is 6.08. The number of allylic oxidation sites excluding steroid dienone is 19. The summed E-state index contributed by atoms with van der Waals surface area (Å²) in [6, 6.07) is 0. The molecule has 0 radical (unpaired) electrons. The minimum absolute atomic E-state index is 0.500. The SMILES string of the molecule is C=C1/C=C\C=C(\C2=CCCC(CNCC3=CC(C4C=C5C=CCCC5=C5CCC=CC54)=CCC3)C2)SC2=C1CCCC2. The maximum absolute atomic E-state index is 4.36. The highest BCUT2D eigenvalue weighted by Gasteiger charge is 2.33. The van der Waals surface area contributed by atoms with Crippen molar-refractivity contribution in [3.05, 3.63) is 128 Å². The van der Waals surface area contributed by atoms with E-state index in [9.17, 15) is 0 Å². The normalized spacial score (nSPS) is 31.4. The van der Waals surface area contributed by atoms with Crippen molar-refractivity contribution in [3.63, 3.8) is 0 Å². The molecule has 0 saturated carbocycles. The lowest BCUT2D eigenvalue weighted by molar-refractivity contribution is 0.439. The van der Waals surface area contributed by atoms with Crippen molar-refractivity contribution in [2.24, 2.45) is 17.8 Å². The Morgan fingerprint density at radius 3 is 2.79 bits per heavy atom. The third-order valence-corrected chi connectivity index (χ3v) is 11.7. The van der Waals surface area contributed by atoms with Crippen molar-refractivity contribution >= 4 is 11.8 Å². The van der Waals surface area contributed by atoms with Gasteiger partial charge in [-0.25, -0.2) is 0 Å². The highest BCUT2D eigenvalue weighted by atomic mass is 32.2. The van der Waals surface area contributed by atoms with E-state index in [1.165, 1.54) is 105 Å². The van der Waals surface area contributed by atoms with Crippen LogP contribution in [0.3, 0.4) is 0 Å². The molecule has 1 heterocycles. The van der Waals surface area contributed by atoms with Gasteiger partial charge in [0.05, 0.1) is 0 Å². The molecule has 218 valence electrons. The summed E-state index contributed by atoms with van der Waals surface area (Å²) in [5, 5.41) is 3.91. The average Bonchev–Trinajstić information content (AvgIpc) is 3.03. The first-order chi connectivity index (χ1) is 20.7. The van der Waals surface area contributed by atoms with Crippen LogP contribution >= 0.6 is 11.8 Å². The van der Waals surface area contributed by atoms with Gasteiger partial charge < -0.3 is 5.32 Å². The van der Waals surface area contributed by atoms with E-state index in [-0.39, 0.29) is 0 Å². The molecule has 0 aromatic carbocycles. The van der Waals surface area contributed by atoms with Crippen LogP contribution in [0.25, 0.3) is 0 Å². The maximum atomic E-state index is 4.36. The fraction of sp³-hybridized carbons (Fsp3) is 0.450. The van der Waals surface area contributed by atoms with Crippen LogP contribution in [0.1, 0.15) is 83.5 Å². The van der Waals surface area contributed by atoms with Crippen LogP contribution < -0.4 is 5.32 Å². The van der Waals surface area contributed by atoms with Crippen LogP contribution in [0.4, 0.5) is 0 Å². The fourth-order valence-electron chi connectivity index (χ4n) is 8.22. The molecular formula is C40H47NS. The molecule has 1 nitrogen and oxygen atoms in total. The first kappa shape index (κ1) is 28.2. The summed E-state index contributed by atoms with van der Waals surface area (Å²) >= 11 is 2.04. The van der Waals surface area contributed by atoms with Crippen LogP contribution in [-0.2, 0) is 0 Å². The van der Waals surface area contributed by atoms with Gasteiger partial charge in [0.2, 0.25) is 0 Å². The zero-order valence-electron chi connectivity index (χ0n) is 25.3. The van der Waals surface area contributed by atoms with Gasteiger partial charge in [0.15, 0.2) is 0 Å². The minimum Gasteiger partial charge on any atom is -0.313 e. The summed E-state index contributed by atoms with van der Waals surface area (Å²) in [6.45, 7) is 6.51. The Morgan fingerprint density at radius 2 is 1.81 bits per heavy atom. The molecule has 7 aliphatic rings. The molecule has 0 aromatic rings. The quantitative estimate of drug-likeness (QED) is 0.317. The van der Waals surface area contributed by atoms with Gasteiger partial charge in [0.1, 0.15) is 0 Å². The van der Waals surface area contributed by atoms with Gasteiger partial charge in [0.25, 0.3) is 0 Å². The molecule has 0 spiro atoms. The molecule has 0 fully saturated rings. The average molecular weight is 574 g/mol. The summed E-state index contributed by atoms with van der Waals surface area (Å²) in [4.78, 5) is 3.05. The van der Waals surface area contributed by atoms with E-state index in [0.29, 0.717) is 11.8 Å². The van der Waals surface area contributed by atoms with Gasteiger partial charge in [-0.15, -0.1) is 0 Å². The predicted octanol–water partition coefficient (Wildman–Crippen LogP) is 10.7. The zero-order chi connectivity index (χ0) is 28.3. The summed E-state index contributed by atoms with van der Waals surface area (Å²) in [5.41, 5.74) is 12.4. The Kier molecular flexibility index (Phi) is 8.73. The van der Waals surface area contributed by atoms with Crippen molar-refractivity contribution in [2.45, 2.75) is 83.5 Å². The molecule has 1 aliphatic heterocycles.